The molecular formula is C17H35NO. The van der Waals surface area contributed by atoms with Gasteiger partial charge in [0.05, 0.1) is 12.2 Å². The molecule has 0 aromatic heterocycles. The maximum absolute atomic E-state index is 6.21. The van der Waals surface area contributed by atoms with E-state index in [2.05, 4.69) is 46.9 Å². The van der Waals surface area contributed by atoms with Crippen LogP contribution in [0.15, 0.2) is 0 Å². The molecule has 4 unspecified atom stereocenters. The second-order valence-corrected chi connectivity index (χ2v) is 7.66. The quantitative estimate of drug-likeness (QED) is 0.722. The fourth-order valence-electron chi connectivity index (χ4n) is 2.87. The van der Waals surface area contributed by atoms with Crippen molar-refractivity contribution in [1.29, 1.82) is 0 Å². The van der Waals surface area contributed by atoms with Crippen LogP contribution in [0.3, 0.4) is 0 Å². The van der Waals surface area contributed by atoms with Crippen molar-refractivity contribution in [1.82, 2.24) is 5.32 Å². The Morgan fingerprint density at radius 2 is 1.84 bits per heavy atom. The highest BCUT2D eigenvalue weighted by atomic mass is 16.5. The summed E-state index contributed by atoms with van der Waals surface area (Å²) in [6, 6.07) is 0. The smallest absolute Gasteiger partial charge is 0.0581 e. The lowest BCUT2D eigenvalue weighted by Crippen LogP contribution is -2.36. The summed E-state index contributed by atoms with van der Waals surface area (Å²) in [5.74, 6) is 1.71. The Labute approximate surface area is 120 Å². The van der Waals surface area contributed by atoms with Crippen LogP contribution < -0.4 is 5.32 Å². The third kappa shape index (κ3) is 7.31. The van der Waals surface area contributed by atoms with Gasteiger partial charge in [0.2, 0.25) is 0 Å². The molecule has 2 heteroatoms. The number of hydrogen-bond donors (Lipinski definition) is 1. The lowest BCUT2D eigenvalue weighted by molar-refractivity contribution is -0.0428. The van der Waals surface area contributed by atoms with Crippen LogP contribution in [-0.2, 0) is 4.74 Å². The number of nitrogens with one attached hydrogen (secondary N) is 1. The molecule has 0 aromatic rings. The second-order valence-electron chi connectivity index (χ2n) is 7.66. The zero-order chi connectivity index (χ0) is 14.5. The minimum atomic E-state index is 0.235. The van der Waals surface area contributed by atoms with Crippen LogP contribution in [0.4, 0.5) is 0 Å². The van der Waals surface area contributed by atoms with Crippen molar-refractivity contribution in [3.63, 3.8) is 0 Å². The lowest BCUT2D eigenvalue weighted by Gasteiger charge is -2.33. The molecule has 0 aromatic carbocycles. The van der Waals surface area contributed by atoms with Crippen LogP contribution in [0.25, 0.3) is 0 Å². The molecule has 1 saturated carbocycles. The SMILES string of the molecule is CC(CCCNC(C)(C)C)OC1CCC(C)C(C)C1. The van der Waals surface area contributed by atoms with E-state index < -0.39 is 0 Å². The van der Waals surface area contributed by atoms with E-state index in [-0.39, 0.29) is 5.54 Å². The highest BCUT2D eigenvalue weighted by Crippen LogP contribution is 2.31. The average Bonchev–Trinajstić information content (AvgIpc) is 2.28. The first-order valence-electron chi connectivity index (χ1n) is 8.18. The molecule has 0 spiro atoms. The van der Waals surface area contributed by atoms with Gasteiger partial charge in [-0.05, 0) is 78.2 Å². The monoisotopic (exact) mass is 269 g/mol. The van der Waals surface area contributed by atoms with E-state index in [1.165, 1.54) is 32.1 Å². The van der Waals surface area contributed by atoms with E-state index in [1.807, 2.05) is 0 Å². The molecule has 19 heavy (non-hydrogen) atoms. The predicted molar refractivity (Wildman–Crippen MR) is 83.5 cm³/mol. The van der Waals surface area contributed by atoms with Gasteiger partial charge in [-0.3, -0.25) is 0 Å². The minimum Gasteiger partial charge on any atom is -0.375 e. The molecule has 1 rings (SSSR count). The Hall–Kier alpha value is -0.0800. The fraction of sp³-hybridized carbons (Fsp3) is 1.00. The summed E-state index contributed by atoms with van der Waals surface area (Å²) in [5.41, 5.74) is 0.235. The van der Waals surface area contributed by atoms with Crippen molar-refractivity contribution in [2.24, 2.45) is 11.8 Å². The standard InChI is InChI=1S/C17H35NO/c1-13-9-10-16(12-14(13)2)19-15(3)8-7-11-18-17(4,5)6/h13-16,18H,7-12H2,1-6H3. The summed E-state index contributed by atoms with van der Waals surface area (Å²) in [6.07, 6.45) is 7.15. The molecule has 0 bridgehead atoms. The van der Waals surface area contributed by atoms with E-state index in [9.17, 15) is 0 Å². The van der Waals surface area contributed by atoms with Gasteiger partial charge in [0.25, 0.3) is 0 Å². The van der Waals surface area contributed by atoms with Gasteiger partial charge in [0.1, 0.15) is 0 Å². The molecule has 1 fully saturated rings. The molecule has 1 aliphatic carbocycles. The maximum Gasteiger partial charge on any atom is 0.0581 e. The van der Waals surface area contributed by atoms with Gasteiger partial charge in [-0.25, -0.2) is 0 Å². The normalized spacial score (nSPS) is 30.3. The van der Waals surface area contributed by atoms with Gasteiger partial charge in [0.15, 0.2) is 0 Å². The van der Waals surface area contributed by atoms with Gasteiger partial charge < -0.3 is 10.1 Å². The first-order valence-corrected chi connectivity index (χ1v) is 8.18. The molecule has 4 atom stereocenters. The van der Waals surface area contributed by atoms with E-state index in [0.717, 1.165) is 18.4 Å². The van der Waals surface area contributed by atoms with E-state index >= 15 is 0 Å². The zero-order valence-corrected chi connectivity index (χ0v) is 14.0. The van der Waals surface area contributed by atoms with Crippen LogP contribution in [0, 0.1) is 11.8 Å². The van der Waals surface area contributed by atoms with Gasteiger partial charge >= 0.3 is 0 Å². The molecule has 0 saturated heterocycles. The van der Waals surface area contributed by atoms with E-state index in [1.54, 1.807) is 0 Å². The van der Waals surface area contributed by atoms with Crippen LogP contribution in [0.5, 0.6) is 0 Å². The van der Waals surface area contributed by atoms with Crippen LogP contribution in [-0.4, -0.2) is 24.3 Å². The third-order valence-corrected chi connectivity index (χ3v) is 4.42. The first kappa shape index (κ1) is 17.0. The van der Waals surface area contributed by atoms with E-state index in [0.29, 0.717) is 12.2 Å². The first-order chi connectivity index (χ1) is 8.78. The van der Waals surface area contributed by atoms with Crippen molar-refractivity contribution < 1.29 is 4.74 Å². The molecule has 0 amide bonds. The molecule has 1 aliphatic rings. The van der Waals surface area contributed by atoms with Crippen LogP contribution in [0.2, 0.25) is 0 Å². The molecular weight excluding hydrogens is 234 g/mol. The topological polar surface area (TPSA) is 21.3 Å². The highest BCUT2D eigenvalue weighted by molar-refractivity contribution is 4.76. The van der Waals surface area contributed by atoms with Crippen molar-refractivity contribution in [2.45, 2.75) is 91.4 Å². The third-order valence-electron chi connectivity index (χ3n) is 4.42. The largest absolute Gasteiger partial charge is 0.375 e. The van der Waals surface area contributed by atoms with Crippen molar-refractivity contribution in [3.8, 4) is 0 Å². The molecule has 0 heterocycles. The van der Waals surface area contributed by atoms with Crippen molar-refractivity contribution in [2.75, 3.05) is 6.54 Å². The maximum atomic E-state index is 6.21. The number of hydrogen-bond acceptors (Lipinski definition) is 2. The van der Waals surface area contributed by atoms with Crippen molar-refractivity contribution >= 4 is 0 Å². The van der Waals surface area contributed by atoms with Gasteiger partial charge in [-0.2, -0.15) is 0 Å². The second kappa shape index (κ2) is 7.64. The fourth-order valence-corrected chi connectivity index (χ4v) is 2.87. The Balaban J connectivity index is 2.12. The Bertz CT molecular complexity index is 246. The van der Waals surface area contributed by atoms with Crippen LogP contribution >= 0.6 is 0 Å². The Morgan fingerprint density at radius 1 is 1.16 bits per heavy atom. The van der Waals surface area contributed by atoms with Crippen LogP contribution in [0.1, 0.15) is 73.6 Å². The number of rotatable bonds is 6. The van der Waals surface area contributed by atoms with Crippen molar-refractivity contribution in [3.05, 3.63) is 0 Å². The minimum absolute atomic E-state index is 0.235. The van der Waals surface area contributed by atoms with Gasteiger partial charge in [0, 0.05) is 5.54 Å². The summed E-state index contributed by atoms with van der Waals surface area (Å²) < 4.78 is 6.21. The molecule has 114 valence electrons. The lowest BCUT2D eigenvalue weighted by atomic mass is 9.80. The summed E-state index contributed by atoms with van der Waals surface area (Å²) in [5, 5.41) is 3.54. The summed E-state index contributed by atoms with van der Waals surface area (Å²) in [7, 11) is 0. The average molecular weight is 269 g/mol. The summed E-state index contributed by atoms with van der Waals surface area (Å²) in [6.45, 7) is 14.7. The molecule has 1 N–H and O–H groups in total. The zero-order valence-electron chi connectivity index (χ0n) is 14.0. The molecule has 0 radical (unpaired) electrons. The molecule has 0 aliphatic heterocycles. The Kier molecular flexibility index (Phi) is 6.82. The van der Waals surface area contributed by atoms with Gasteiger partial charge in [-0.1, -0.05) is 13.8 Å². The highest BCUT2D eigenvalue weighted by Gasteiger charge is 2.26. The number of ether oxygens (including phenoxy) is 1. The summed E-state index contributed by atoms with van der Waals surface area (Å²) >= 11 is 0. The molecule has 2 nitrogen and oxygen atoms in total. The van der Waals surface area contributed by atoms with E-state index in [4.69, 9.17) is 4.74 Å². The Morgan fingerprint density at radius 3 is 2.42 bits per heavy atom. The summed E-state index contributed by atoms with van der Waals surface area (Å²) in [4.78, 5) is 0. The predicted octanol–water partition coefficient (Wildman–Crippen LogP) is 4.38. The van der Waals surface area contributed by atoms with Gasteiger partial charge in [-0.15, -0.1) is 0 Å².